The van der Waals surface area contributed by atoms with Gasteiger partial charge in [0.2, 0.25) is 0 Å². The Morgan fingerprint density at radius 3 is 2.05 bits per heavy atom. The summed E-state index contributed by atoms with van der Waals surface area (Å²) in [5.41, 5.74) is 2.25. The standard InChI is InChI=1S/C13H8O4S.K/c14-13-11-4-2-1-3-9(11)10-6-5-8(7-12(10)13)18(15,16)17;/h1-7H,(H,15,16,17);/q;+1/p-1. The summed E-state index contributed by atoms with van der Waals surface area (Å²) in [6, 6.07) is 10.9. The van der Waals surface area contributed by atoms with Crippen molar-refractivity contribution in [3.63, 3.8) is 0 Å². The van der Waals surface area contributed by atoms with Gasteiger partial charge in [-0.25, -0.2) is 8.42 Å². The van der Waals surface area contributed by atoms with Crippen molar-refractivity contribution in [2.24, 2.45) is 0 Å². The Hall–Kier alpha value is -0.344. The van der Waals surface area contributed by atoms with Gasteiger partial charge in [0.25, 0.3) is 0 Å². The van der Waals surface area contributed by atoms with Crippen molar-refractivity contribution in [3.8, 4) is 11.1 Å². The molecule has 1 aliphatic carbocycles. The minimum absolute atomic E-state index is 0. The molecule has 0 spiro atoms. The van der Waals surface area contributed by atoms with Crippen LogP contribution in [0.3, 0.4) is 0 Å². The third kappa shape index (κ3) is 2.49. The van der Waals surface area contributed by atoms with Gasteiger partial charge in [0.1, 0.15) is 10.1 Å². The van der Waals surface area contributed by atoms with Gasteiger partial charge in [0, 0.05) is 11.1 Å². The summed E-state index contributed by atoms with van der Waals surface area (Å²) < 4.78 is 32.8. The molecule has 1 aliphatic rings. The number of hydrogen-bond acceptors (Lipinski definition) is 4. The molecule has 0 radical (unpaired) electrons. The summed E-state index contributed by atoms with van der Waals surface area (Å²) in [5, 5.41) is 0. The van der Waals surface area contributed by atoms with E-state index in [1.54, 1.807) is 24.3 Å². The summed E-state index contributed by atoms with van der Waals surface area (Å²) in [4.78, 5) is 11.7. The Bertz CT molecular complexity index is 781. The second kappa shape index (κ2) is 5.21. The summed E-state index contributed by atoms with van der Waals surface area (Å²) in [6.45, 7) is 0. The minimum Gasteiger partial charge on any atom is -0.744 e. The molecule has 0 unspecified atom stereocenters. The average molecular weight is 298 g/mol. The van der Waals surface area contributed by atoms with Gasteiger partial charge in [-0.2, -0.15) is 0 Å². The van der Waals surface area contributed by atoms with E-state index >= 15 is 0 Å². The summed E-state index contributed by atoms with van der Waals surface area (Å²) in [5.74, 6) is -0.244. The van der Waals surface area contributed by atoms with Gasteiger partial charge in [0.05, 0.1) is 4.90 Å². The molecule has 4 nitrogen and oxygen atoms in total. The first-order valence-corrected chi connectivity index (χ1v) is 6.63. The molecule has 0 N–H and O–H groups in total. The van der Waals surface area contributed by atoms with Crippen molar-refractivity contribution in [2.45, 2.75) is 4.90 Å². The van der Waals surface area contributed by atoms with E-state index in [0.29, 0.717) is 11.1 Å². The zero-order valence-corrected chi connectivity index (χ0v) is 14.0. The monoisotopic (exact) mass is 298 g/mol. The van der Waals surface area contributed by atoms with E-state index in [9.17, 15) is 17.8 Å². The van der Waals surface area contributed by atoms with Crippen LogP contribution in [0.15, 0.2) is 47.4 Å². The van der Waals surface area contributed by atoms with Crippen LogP contribution in [0, 0.1) is 0 Å². The molecule has 2 aromatic carbocycles. The van der Waals surface area contributed by atoms with Crippen LogP contribution in [0.4, 0.5) is 0 Å². The van der Waals surface area contributed by atoms with E-state index in [2.05, 4.69) is 0 Å². The van der Waals surface area contributed by atoms with E-state index in [0.717, 1.165) is 11.6 Å². The van der Waals surface area contributed by atoms with Crippen molar-refractivity contribution >= 4 is 15.9 Å². The van der Waals surface area contributed by atoms with Crippen molar-refractivity contribution in [1.29, 1.82) is 0 Å². The molecule has 0 aromatic heterocycles. The number of hydrogen-bond donors (Lipinski definition) is 0. The van der Waals surface area contributed by atoms with Crippen LogP contribution < -0.4 is 51.4 Å². The topological polar surface area (TPSA) is 74.3 Å². The molecule has 0 bridgehead atoms. The molecule has 0 heterocycles. The van der Waals surface area contributed by atoms with Crippen molar-refractivity contribution in [2.75, 3.05) is 0 Å². The number of fused-ring (bicyclic) bond motifs is 3. The summed E-state index contributed by atoms with van der Waals surface area (Å²) >= 11 is 0. The molecule has 0 amide bonds. The fourth-order valence-corrected chi connectivity index (χ4v) is 2.66. The molecular weight excluding hydrogens is 291 g/mol. The second-order valence-corrected chi connectivity index (χ2v) is 5.42. The van der Waals surface area contributed by atoms with Gasteiger partial charge in [-0.05, 0) is 23.3 Å². The number of rotatable bonds is 1. The van der Waals surface area contributed by atoms with Crippen LogP contribution in [0.1, 0.15) is 15.9 Å². The van der Waals surface area contributed by atoms with Gasteiger partial charge in [-0.15, -0.1) is 0 Å². The Morgan fingerprint density at radius 1 is 0.842 bits per heavy atom. The zero-order chi connectivity index (χ0) is 12.9. The van der Waals surface area contributed by atoms with Crippen molar-refractivity contribution in [3.05, 3.63) is 53.6 Å². The van der Waals surface area contributed by atoms with Crippen LogP contribution in [-0.4, -0.2) is 18.8 Å². The number of carbonyl (C=O) groups excluding carboxylic acids is 1. The molecule has 3 rings (SSSR count). The second-order valence-electron chi connectivity index (χ2n) is 4.04. The zero-order valence-electron chi connectivity index (χ0n) is 10.1. The first kappa shape index (κ1) is 15.1. The van der Waals surface area contributed by atoms with Gasteiger partial charge < -0.3 is 4.55 Å². The first-order valence-electron chi connectivity index (χ1n) is 5.22. The van der Waals surface area contributed by atoms with Gasteiger partial charge in [0.15, 0.2) is 5.78 Å². The SMILES string of the molecule is O=C1c2ccccc2-c2ccc(S(=O)(=O)[O-])cc21.[K+]. The Morgan fingerprint density at radius 2 is 1.42 bits per heavy atom. The van der Waals surface area contributed by atoms with E-state index in [-0.39, 0.29) is 67.6 Å². The molecule has 6 heteroatoms. The maximum absolute atomic E-state index is 12.1. The molecule has 0 fully saturated rings. The maximum Gasteiger partial charge on any atom is 1.00 e. The molecule has 90 valence electrons. The van der Waals surface area contributed by atoms with Crippen LogP contribution in [0.5, 0.6) is 0 Å². The Labute approximate surface area is 153 Å². The van der Waals surface area contributed by atoms with Crippen LogP contribution in [0.25, 0.3) is 11.1 Å². The van der Waals surface area contributed by atoms with Gasteiger partial charge >= 0.3 is 51.4 Å². The van der Waals surface area contributed by atoms with Gasteiger partial charge in [-0.1, -0.05) is 30.3 Å². The molecule has 2 aromatic rings. The van der Waals surface area contributed by atoms with Crippen molar-refractivity contribution in [1.82, 2.24) is 0 Å². The third-order valence-corrected chi connectivity index (χ3v) is 3.82. The smallest absolute Gasteiger partial charge is 0.744 e. The average Bonchev–Trinajstić information content (AvgIpc) is 2.63. The first-order chi connectivity index (χ1) is 8.48. The predicted molar refractivity (Wildman–Crippen MR) is 63.3 cm³/mol. The van der Waals surface area contributed by atoms with E-state index in [1.165, 1.54) is 12.1 Å². The molecule has 0 saturated heterocycles. The van der Waals surface area contributed by atoms with Crippen molar-refractivity contribution < 1.29 is 69.1 Å². The largest absolute Gasteiger partial charge is 1.00 e. The number of ketones is 1. The molecular formula is C13H7KO4S. The number of carbonyl (C=O) groups is 1. The van der Waals surface area contributed by atoms with E-state index in [1.807, 2.05) is 0 Å². The Kier molecular flexibility index (Phi) is 4.13. The third-order valence-electron chi connectivity index (χ3n) is 2.99. The Balaban J connectivity index is 0.00000133. The molecule has 0 aliphatic heterocycles. The quantitative estimate of drug-likeness (QED) is 0.418. The maximum atomic E-state index is 12.1. The minimum atomic E-state index is -4.54. The fraction of sp³-hybridized carbons (Fsp3) is 0. The fourth-order valence-electron chi connectivity index (χ4n) is 2.16. The molecule has 19 heavy (non-hydrogen) atoms. The number of benzene rings is 2. The normalized spacial score (nSPS) is 12.6. The van der Waals surface area contributed by atoms with E-state index < -0.39 is 10.1 Å². The van der Waals surface area contributed by atoms with Crippen LogP contribution in [0.2, 0.25) is 0 Å². The summed E-state index contributed by atoms with van der Waals surface area (Å²) in [6.07, 6.45) is 0. The summed E-state index contributed by atoms with van der Waals surface area (Å²) in [7, 11) is -4.54. The van der Waals surface area contributed by atoms with Gasteiger partial charge in [-0.3, -0.25) is 4.79 Å². The predicted octanol–water partition coefficient (Wildman–Crippen LogP) is -1.19. The van der Waals surface area contributed by atoms with E-state index in [4.69, 9.17) is 0 Å². The molecule has 0 saturated carbocycles. The molecule has 0 atom stereocenters. The van der Waals surface area contributed by atoms with Crippen LogP contribution >= 0.6 is 0 Å². The van der Waals surface area contributed by atoms with Crippen LogP contribution in [-0.2, 0) is 10.1 Å².